The fourth-order valence-electron chi connectivity index (χ4n) is 2.89. The first-order chi connectivity index (χ1) is 7.79. The van der Waals surface area contributed by atoms with Crippen molar-refractivity contribution >= 4 is 0 Å². The molecule has 1 fully saturated rings. The van der Waals surface area contributed by atoms with Crippen molar-refractivity contribution in [1.82, 2.24) is 4.90 Å². The molecule has 0 aromatic rings. The molecule has 0 amide bonds. The molecule has 2 aliphatic rings. The number of nitrogens with zero attached hydrogens (tertiary/aromatic N) is 1. The van der Waals surface area contributed by atoms with Gasteiger partial charge in [0.1, 0.15) is 0 Å². The maximum atomic E-state index is 6.41. The van der Waals surface area contributed by atoms with E-state index in [0.29, 0.717) is 5.41 Å². The lowest BCUT2D eigenvalue weighted by molar-refractivity contribution is 0.208. The van der Waals surface area contributed by atoms with Gasteiger partial charge in [0, 0.05) is 25.2 Å². The van der Waals surface area contributed by atoms with Crippen LogP contribution in [0.3, 0.4) is 0 Å². The number of nitrogens with two attached hydrogens (primary N) is 1. The van der Waals surface area contributed by atoms with Gasteiger partial charge in [-0.15, -0.1) is 0 Å². The summed E-state index contributed by atoms with van der Waals surface area (Å²) < 4.78 is 0. The normalized spacial score (nSPS) is 26.5. The van der Waals surface area contributed by atoms with E-state index in [0.717, 1.165) is 19.0 Å². The monoisotopic (exact) mass is 236 g/mol. The highest BCUT2D eigenvalue weighted by Crippen LogP contribution is 2.39. The molecule has 0 spiro atoms. The molecule has 0 aromatic heterocycles. The van der Waals surface area contributed by atoms with Gasteiger partial charge in [-0.2, -0.15) is 0 Å². The summed E-state index contributed by atoms with van der Waals surface area (Å²) in [7, 11) is 0. The quantitative estimate of drug-likeness (QED) is 0.764. The lowest BCUT2D eigenvalue weighted by atomic mass is 9.82. The van der Waals surface area contributed by atoms with Crippen LogP contribution in [0.4, 0.5) is 0 Å². The summed E-state index contributed by atoms with van der Waals surface area (Å²) in [6.45, 7) is 12.5. The van der Waals surface area contributed by atoms with Gasteiger partial charge in [0.2, 0.25) is 0 Å². The zero-order valence-corrected chi connectivity index (χ0v) is 11.9. The van der Waals surface area contributed by atoms with Crippen molar-refractivity contribution in [1.29, 1.82) is 0 Å². The predicted octanol–water partition coefficient (Wildman–Crippen LogP) is 2.79. The predicted molar refractivity (Wildman–Crippen MR) is 73.9 cm³/mol. The van der Waals surface area contributed by atoms with Gasteiger partial charge in [-0.05, 0) is 37.5 Å². The molecule has 0 saturated heterocycles. The molecule has 0 bridgehead atoms. The molecule has 1 heterocycles. The Morgan fingerprint density at radius 3 is 2.35 bits per heavy atom. The summed E-state index contributed by atoms with van der Waals surface area (Å²) in [6, 6.07) is 0. The maximum absolute atomic E-state index is 6.41. The average Bonchev–Trinajstić information content (AvgIpc) is 2.99. The molecule has 2 N–H and O–H groups in total. The van der Waals surface area contributed by atoms with E-state index in [4.69, 9.17) is 5.73 Å². The van der Waals surface area contributed by atoms with E-state index in [2.05, 4.69) is 38.7 Å². The van der Waals surface area contributed by atoms with Crippen molar-refractivity contribution in [3.63, 3.8) is 0 Å². The molecule has 1 atom stereocenters. The highest BCUT2D eigenvalue weighted by Gasteiger charge is 2.39. The molecule has 1 aliphatic carbocycles. The summed E-state index contributed by atoms with van der Waals surface area (Å²) in [4.78, 5) is 2.52. The van der Waals surface area contributed by atoms with Gasteiger partial charge in [-0.25, -0.2) is 0 Å². The van der Waals surface area contributed by atoms with Crippen molar-refractivity contribution in [3.8, 4) is 0 Å². The molecule has 1 unspecified atom stereocenters. The van der Waals surface area contributed by atoms with Crippen LogP contribution in [-0.4, -0.2) is 30.1 Å². The summed E-state index contributed by atoms with van der Waals surface area (Å²) in [5, 5.41) is 0. The largest absolute Gasteiger partial charge is 0.324 e. The minimum Gasteiger partial charge on any atom is -0.324 e. The zero-order chi connectivity index (χ0) is 12.7. The van der Waals surface area contributed by atoms with Crippen LogP contribution in [0.2, 0.25) is 0 Å². The Kier molecular flexibility index (Phi) is 3.39. The van der Waals surface area contributed by atoms with Gasteiger partial charge in [0.25, 0.3) is 0 Å². The van der Waals surface area contributed by atoms with E-state index in [1.165, 1.54) is 25.8 Å². The molecular weight excluding hydrogens is 208 g/mol. The van der Waals surface area contributed by atoms with E-state index < -0.39 is 0 Å². The summed E-state index contributed by atoms with van der Waals surface area (Å²) >= 11 is 0. The number of rotatable bonds is 3. The van der Waals surface area contributed by atoms with Gasteiger partial charge < -0.3 is 5.73 Å². The van der Waals surface area contributed by atoms with Crippen molar-refractivity contribution in [2.24, 2.45) is 17.1 Å². The van der Waals surface area contributed by atoms with Crippen molar-refractivity contribution in [2.75, 3.05) is 19.6 Å². The van der Waals surface area contributed by atoms with E-state index in [1.54, 1.807) is 5.57 Å². The van der Waals surface area contributed by atoms with Crippen LogP contribution < -0.4 is 5.73 Å². The third-order valence-electron chi connectivity index (χ3n) is 4.33. The van der Waals surface area contributed by atoms with E-state index in [1.807, 2.05) is 0 Å². The molecule has 1 aliphatic heterocycles. The molecule has 2 nitrogen and oxygen atoms in total. The van der Waals surface area contributed by atoms with Crippen LogP contribution in [-0.2, 0) is 0 Å². The van der Waals surface area contributed by atoms with Gasteiger partial charge >= 0.3 is 0 Å². The number of hydrogen-bond acceptors (Lipinski definition) is 2. The smallest absolute Gasteiger partial charge is 0.0283 e. The maximum Gasteiger partial charge on any atom is 0.0283 e. The van der Waals surface area contributed by atoms with Crippen molar-refractivity contribution in [3.05, 3.63) is 11.6 Å². The van der Waals surface area contributed by atoms with E-state index in [-0.39, 0.29) is 5.54 Å². The molecule has 2 heteroatoms. The van der Waals surface area contributed by atoms with Crippen LogP contribution in [0.25, 0.3) is 0 Å². The Bertz CT molecular complexity index is 305. The fourth-order valence-corrected chi connectivity index (χ4v) is 2.89. The van der Waals surface area contributed by atoms with E-state index >= 15 is 0 Å². The van der Waals surface area contributed by atoms with Gasteiger partial charge in [-0.1, -0.05) is 32.4 Å². The molecule has 98 valence electrons. The highest BCUT2D eigenvalue weighted by molar-refractivity contribution is 5.15. The fraction of sp³-hybridized carbons (Fsp3) is 0.867. The Morgan fingerprint density at radius 2 is 1.94 bits per heavy atom. The lowest BCUT2D eigenvalue weighted by Crippen LogP contribution is -2.50. The second-order valence-corrected chi connectivity index (χ2v) is 7.24. The van der Waals surface area contributed by atoms with E-state index in [9.17, 15) is 0 Å². The van der Waals surface area contributed by atoms with Crippen molar-refractivity contribution in [2.45, 2.75) is 52.5 Å². The first-order valence-corrected chi connectivity index (χ1v) is 7.00. The Morgan fingerprint density at radius 1 is 1.29 bits per heavy atom. The molecule has 17 heavy (non-hydrogen) atoms. The molecule has 1 saturated carbocycles. The number of hydrogen-bond donors (Lipinski definition) is 1. The van der Waals surface area contributed by atoms with Crippen LogP contribution in [0.5, 0.6) is 0 Å². The Hall–Kier alpha value is -0.340. The SMILES string of the molecule is CC(C)(C)C1=CCN(CC(C)(N)C2CC2)CC1. The molecule has 0 radical (unpaired) electrons. The van der Waals surface area contributed by atoms with Gasteiger partial charge in [0.05, 0.1) is 0 Å². The highest BCUT2D eigenvalue weighted by atomic mass is 15.1. The average molecular weight is 236 g/mol. The first kappa shape index (κ1) is 13.1. The molecule has 2 rings (SSSR count). The molecular formula is C15H28N2. The standard InChI is InChI=1S/C15H28N2/c1-14(2,3)12-7-9-17(10-8-12)11-15(4,16)13-5-6-13/h7,13H,5-6,8-11,16H2,1-4H3. The minimum absolute atomic E-state index is 0.0348. The molecule has 0 aromatic carbocycles. The van der Waals surface area contributed by atoms with Gasteiger partial charge in [0.15, 0.2) is 0 Å². The van der Waals surface area contributed by atoms with Crippen LogP contribution >= 0.6 is 0 Å². The first-order valence-electron chi connectivity index (χ1n) is 7.00. The minimum atomic E-state index is 0.0348. The van der Waals surface area contributed by atoms with Crippen molar-refractivity contribution < 1.29 is 0 Å². The lowest BCUT2D eigenvalue weighted by Gasteiger charge is -2.36. The third kappa shape index (κ3) is 3.32. The van der Waals surface area contributed by atoms with Crippen LogP contribution in [0.15, 0.2) is 11.6 Å². The Labute approximate surface area is 106 Å². The van der Waals surface area contributed by atoms with Crippen LogP contribution in [0.1, 0.15) is 47.0 Å². The Balaban J connectivity index is 1.88. The summed E-state index contributed by atoms with van der Waals surface area (Å²) in [6.07, 6.45) is 6.31. The third-order valence-corrected chi connectivity index (χ3v) is 4.33. The second-order valence-electron chi connectivity index (χ2n) is 7.24. The van der Waals surface area contributed by atoms with Crippen LogP contribution in [0, 0.1) is 11.3 Å². The summed E-state index contributed by atoms with van der Waals surface area (Å²) in [5.41, 5.74) is 8.40. The van der Waals surface area contributed by atoms with Gasteiger partial charge in [-0.3, -0.25) is 4.90 Å². The second kappa shape index (κ2) is 4.40. The topological polar surface area (TPSA) is 29.3 Å². The zero-order valence-electron chi connectivity index (χ0n) is 11.9. The summed E-state index contributed by atoms with van der Waals surface area (Å²) in [5.74, 6) is 0.774.